The number of fused-ring (bicyclic) bond motifs is 1. The summed E-state index contributed by atoms with van der Waals surface area (Å²) in [6.45, 7) is 1.62. The van der Waals surface area contributed by atoms with Crippen molar-refractivity contribution in [1.29, 1.82) is 0 Å². The van der Waals surface area contributed by atoms with Crippen LogP contribution in [0.3, 0.4) is 0 Å². The van der Waals surface area contributed by atoms with E-state index in [1.165, 1.54) is 6.33 Å². The number of carbonyl (C=O) groups is 1. The van der Waals surface area contributed by atoms with E-state index in [9.17, 15) is 4.79 Å². The van der Waals surface area contributed by atoms with Gasteiger partial charge in [0.25, 0.3) is 5.91 Å². The quantitative estimate of drug-likeness (QED) is 0.835. The Labute approximate surface area is 133 Å². The van der Waals surface area contributed by atoms with Gasteiger partial charge in [0.05, 0.1) is 6.04 Å². The molecule has 2 aliphatic heterocycles. The van der Waals surface area contributed by atoms with Gasteiger partial charge in [0.2, 0.25) is 6.10 Å². The third kappa shape index (κ3) is 2.74. The maximum atomic E-state index is 12.8. The monoisotopic (exact) mass is 314 g/mol. The largest absolute Gasteiger partial charge is 0.485 e. The number of rotatable bonds is 2. The van der Waals surface area contributed by atoms with Crippen LogP contribution in [0.1, 0.15) is 18.9 Å². The fourth-order valence-corrected chi connectivity index (χ4v) is 3.12. The molecule has 0 N–H and O–H groups in total. The summed E-state index contributed by atoms with van der Waals surface area (Å²) >= 11 is 0. The molecule has 4 rings (SSSR count). The lowest BCUT2D eigenvalue weighted by Gasteiger charge is -2.35. The minimum absolute atomic E-state index is 0.0238. The van der Waals surface area contributed by atoms with E-state index < -0.39 is 6.10 Å². The second-order valence-electron chi connectivity index (χ2n) is 5.82. The lowest BCUT2D eigenvalue weighted by molar-refractivity contribution is -0.143. The molecule has 23 heavy (non-hydrogen) atoms. The van der Waals surface area contributed by atoms with Crippen LogP contribution in [0.25, 0.3) is 0 Å². The molecule has 0 radical (unpaired) electrons. The highest BCUT2D eigenvalue weighted by molar-refractivity contribution is 5.82. The van der Waals surface area contributed by atoms with E-state index >= 15 is 0 Å². The van der Waals surface area contributed by atoms with Crippen LogP contribution in [0, 0.1) is 0 Å². The standard InChI is InChI=1S/C16H18N4O3/c21-16(15-9-22-13-5-1-2-6-14(13)23-15)19-7-3-4-12(8-19)20-11-17-10-18-20/h1-2,5-6,10-12,15H,3-4,7-9H2/t12-,15-/m1/s1. The fraction of sp³-hybridized carbons (Fsp3) is 0.438. The molecule has 120 valence electrons. The Kier molecular flexibility index (Phi) is 3.61. The lowest BCUT2D eigenvalue weighted by Crippen LogP contribution is -2.50. The van der Waals surface area contributed by atoms with E-state index in [0.717, 1.165) is 19.4 Å². The zero-order chi connectivity index (χ0) is 15.6. The first-order valence-corrected chi connectivity index (χ1v) is 7.82. The van der Waals surface area contributed by atoms with Gasteiger partial charge in [-0.1, -0.05) is 12.1 Å². The van der Waals surface area contributed by atoms with Crippen molar-refractivity contribution < 1.29 is 14.3 Å². The number of piperidine rings is 1. The van der Waals surface area contributed by atoms with Gasteiger partial charge >= 0.3 is 0 Å². The van der Waals surface area contributed by atoms with Gasteiger partial charge in [-0.2, -0.15) is 5.10 Å². The highest BCUT2D eigenvalue weighted by atomic mass is 16.6. The van der Waals surface area contributed by atoms with Crippen molar-refractivity contribution in [2.75, 3.05) is 19.7 Å². The molecule has 1 amide bonds. The van der Waals surface area contributed by atoms with Gasteiger partial charge < -0.3 is 14.4 Å². The Bertz CT molecular complexity index is 688. The Hall–Kier alpha value is -2.57. The van der Waals surface area contributed by atoms with E-state index in [2.05, 4.69) is 10.1 Å². The summed E-state index contributed by atoms with van der Waals surface area (Å²) in [6.07, 6.45) is 4.59. The van der Waals surface area contributed by atoms with Crippen molar-refractivity contribution in [2.45, 2.75) is 25.0 Å². The number of benzene rings is 1. The second-order valence-corrected chi connectivity index (χ2v) is 5.82. The second kappa shape index (κ2) is 5.91. The van der Waals surface area contributed by atoms with Crippen LogP contribution in [0.15, 0.2) is 36.9 Å². The van der Waals surface area contributed by atoms with Gasteiger partial charge in [-0.05, 0) is 25.0 Å². The van der Waals surface area contributed by atoms with E-state index in [1.807, 2.05) is 33.8 Å². The molecule has 1 fully saturated rings. The van der Waals surface area contributed by atoms with Crippen LogP contribution in [-0.4, -0.2) is 51.4 Å². The van der Waals surface area contributed by atoms with Gasteiger partial charge in [0, 0.05) is 13.1 Å². The van der Waals surface area contributed by atoms with Crippen LogP contribution < -0.4 is 9.47 Å². The Morgan fingerprint density at radius 2 is 2.13 bits per heavy atom. The predicted octanol–water partition coefficient (Wildman–Crippen LogP) is 1.28. The number of nitrogens with zero attached hydrogens (tertiary/aromatic N) is 4. The molecule has 3 heterocycles. The molecule has 0 bridgehead atoms. The first-order valence-electron chi connectivity index (χ1n) is 7.82. The molecule has 0 saturated carbocycles. The van der Waals surface area contributed by atoms with Crippen molar-refractivity contribution in [2.24, 2.45) is 0 Å². The van der Waals surface area contributed by atoms with Crippen molar-refractivity contribution in [3.63, 3.8) is 0 Å². The first-order chi connectivity index (χ1) is 11.3. The Balaban J connectivity index is 1.45. The minimum atomic E-state index is -0.584. The first kappa shape index (κ1) is 14.0. The average molecular weight is 314 g/mol. The van der Waals surface area contributed by atoms with Crippen LogP contribution >= 0.6 is 0 Å². The van der Waals surface area contributed by atoms with E-state index in [4.69, 9.17) is 9.47 Å². The number of carbonyl (C=O) groups excluding carboxylic acids is 1. The molecular weight excluding hydrogens is 296 g/mol. The summed E-state index contributed by atoms with van der Waals surface area (Å²) in [5.41, 5.74) is 0. The van der Waals surface area contributed by atoms with E-state index in [-0.39, 0.29) is 18.6 Å². The molecule has 2 atom stereocenters. The number of aromatic nitrogens is 3. The SMILES string of the molecule is O=C([C@H]1COc2ccccc2O1)N1CCC[C@@H](n2cncn2)C1. The molecular formula is C16H18N4O3. The van der Waals surface area contributed by atoms with Crippen LogP contribution in [0.4, 0.5) is 0 Å². The number of para-hydroxylation sites is 2. The number of hydrogen-bond donors (Lipinski definition) is 0. The summed E-state index contributed by atoms with van der Waals surface area (Å²) in [5, 5.41) is 4.19. The summed E-state index contributed by atoms with van der Waals surface area (Å²) < 4.78 is 13.3. The summed E-state index contributed by atoms with van der Waals surface area (Å²) in [5.74, 6) is 1.29. The molecule has 0 aliphatic carbocycles. The average Bonchev–Trinajstić information content (AvgIpc) is 3.15. The van der Waals surface area contributed by atoms with Crippen LogP contribution in [-0.2, 0) is 4.79 Å². The zero-order valence-corrected chi connectivity index (χ0v) is 12.7. The minimum Gasteiger partial charge on any atom is -0.485 e. The maximum absolute atomic E-state index is 12.8. The summed E-state index contributed by atoms with van der Waals surface area (Å²) in [7, 11) is 0. The van der Waals surface area contributed by atoms with E-state index in [1.54, 1.807) is 6.33 Å². The van der Waals surface area contributed by atoms with Gasteiger partial charge in [-0.15, -0.1) is 0 Å². The molecule has 1 saturated heterocycles. The van der Waals surface area contributed by atoms with Crippen molar-refractivity contribution in [3.8, 4) is 11.5 Å². The van der Waals surface area contributed by atoms with Crippen molar-refractivity contribution in [3.05, 3.63) is 36.9 Å². The predicted molar refractivity (Wildman–Crippen MR) is 81.2 cm³/mol. The highest BCUT2D eigenvalue weighted by Gasteiger charge is 2.34. The maximum Gasteiger partial charge on any atom is 0.267 e. The molecule has 0 spiro atoms. The molecule has 2 aromatic rings. The van der Waals surface area contributed by atoms with Crippen molar-refractivity contribution >= 4 is 5.91 Å². The molecule has 1 aromatic heterocycles. The number of likely N-dealkylation sites (tertiary alicyclic amines) is 1. The molecule has 1 aromatic carbocycles. The molecule has 7 heteroatoms. The molecule has 0 unspecified atom stereocenters. The number of amides is 1. The highest BCUT2D eigenvalue weighted by Crippen LogP contribution is 2.31. The third-order valence-electron chi connectivity index (χ3n) is 4.30. The van der Waals surface area contributed by atoms with Crippen LogP contribution in [0.5, 0.6) is 11.5 Å². The summed E-state index contributed by atoms with van der Waals surface area (Å²) in [6, 6.07) is 7.60. The van der Waals surface area contributed by atoms with Crippen molar-refractivity contribution in [1.82, 2.24) is 19.7 Å². The van der Waals surface area contributed by atoms with Gasteiger partial charge in [0.1, 0.15) is 19.3 Å². The normalized spacial score (nSPS) is 23.6. The Morgan fingerprint density at radius 3 is 2.96 bits per heavy atom. The Morgan fingerprint density at radius 1 is 1.26 bits per heavy atom. The fourth-order valence-electron chi connectivity index (χ4n) is 3.12. The third-order valence-corrected chi connectivity index (χ3v) is 4.30. The zero-order valence-electron chi connectivity index (χ0n) is 12.7. The van der Waals surface area contributed by atoms with Gasteiger partial charge in [0.15, 0.2) is 11.5 Å². The summed E-state index contributed by atoms with van der Waals surface area (Å²) in [4.78, 5) is 18.6. The lowest BCUT2D eigenvalue weighted by atomic mass is 10.1. The van der Waals surface area contributed by atoms with Crippen LogP contribution in [0.2, 0.25) is 0 Å². The number of ether oxygens (including phenoxy) is 2. The van der Waals surface area contributed by atoms with E-state index in [0.29, 0.717) is 18.0 Å². The van der Waals surface area contributed by atoms with Gasteiger partial charge in [-0.3, -0.25) is 4.79 Å². The smallest absolute Gasteiger partial charge is 0.267 e. The van der Waals surface area contributed by atoms with Gasteiger partial charge in [-0.25, -0.2) is 9.67 Å². The number of hydrogen-bond acceptors (Lipinski definition) is 5. The molecule has 7 nitrogen and oxygen atoms in total. The topological polar surface area (TPSA) is 69.5 Å². The molecule has 2 aliphatic rings.